The van der Waals surface area contributed by atoms with Crippen LogP contribution in [0.2, 0.25) is 5.02 Å². The van der Waals surface area contributed by atoms with E-state index in [1.165, 1.54) is 19.1 Å². The fourth-order valence-corrected chi connectivity index (χ4v) is 3.11. The molecule has 0 saturated heterocycles. The van der Waals surface area contributed by atoms with Crippen LogP contribution in [-0.4, -0.2) is 38.2 Å². The van der Waals surface area contributed by atoms with Gasteiger partial charge in [-0.25, -0.2) is 0 Å². The number of benzene rings is 2. The number of carbonyl (C=O) groups excluding carboxylic acids is 2. The molecule has 1 aliphatic rings. The number of ether oxygens (including phenoxy) is 3. The molecule has 0 spiro atoms. The summed E-state index contributed by atoms with van der Waals surface area (Å²) < 4.78 is 16.2. The highest BCUT2D eigenvalue weighted by Crippen LogP contribution is 2.39. The lowest BCUT2D eigenvalue weighted by molar-refractivity contribution is -0.133. The molecule has 3 rings (SSSR count). The zero-order chi connectivity index (χ0) is 20.5. The number of carbonyl (C=O) groups is 2. The summed E-state index contributed by atoms with van der Waals surface area (Å²) in [5.41, 5.74) is -0.211. The maximum Gasteiger partial charge on any atom is 0.271 e. The van der Waals surface area contributed by atoms with Crippen molar-refractivity contribution in [3.8, 4) is 17.2 Å². The molecular weight excluding hydrogens is 384 g/mol. The first-order valence-electron chi connectivity index (χ1n) is 8.57. The average Bonchev–Trinajstić information content (AvgIpc) is 2.66. The minimum atomic E-state index is -1.10. The molecule has 0 aliphatic carbocycles. The van der Waals surface area contributed by atoms with Crippen LogP contribution in [0.25, 0.3) is 0 Å². The molecule has 8 heteroatoms. The van der Waals surface area contributed by atoms with E-state index in [9.17, 15) is 9.59 Å². The Kier molecular flexibility index (Phi) is 5.38. The molecule has 0 bridgehead atoms. The zero-order valence-electron chi connectivity index (χ0n) is 16.0. The number of hydrogen-bond acceptors (Lipinski definition) is 5. The molecule has 2 amide bonds. The Balaban J connectivity index is 1.88. The van der Waals surface area contributed by atoms with Crippen molar-refractivity contribution >= 4 is 34.8 Å². The van der Waals surface area contributed by atoms with E-state index in [4.69, 9.17) is 25.8 Å². The Bertz CT molecular complexity index is 929. The van der Waals surface area contributed by atoms with Gasteiger partial charge in [-0.2, -0.15) is 0 Å². The molecule has 2 aromatic carbocycles. The lowest BCUT2D eigenvalue weighted by Crippen LogP contribution is -2.54. The van der Waals surface area contributed by atoms with E-state index in [2.05, 4.69) is 5.32 Å². The van der Waals surface area contributed by atoms with Crippen LogP contribution in [0, 0.1) is 0 Å². The third-order valence-electron chi connectivity index (χ3n) is 4.32. The topological polar surface area (TPSA) is 77.1 Å². The number of fused-ring (bicyclic) bond motifs is 1. The van der Waals surface area contributed by atoms with Crippen LogP contribution in [-0.2, 0) is 9.59 Å². The Morgan fingerprint density at radius 1 is 1.18 bits per heavy atom. The maximum absolute atomic E-state index is 12.9. The normalized spacial score (nSPS) is 14.8. The molecule has 0 aromatic heterocycles. The minimum Gasteiger partial charge on any atom is -0.497 e. The third-order valence-corrected chi connectivity index (χ3v) is 4.55. The Hall–Kier alpha value is -2.93. The van der Waals surface area contributed by atoms with Crippen molar-refractivity contribution in [1.82, 2.24) is 0 Å². The number of anilines is 2. The highest BCUT2D eigenvalue weighted by atomic mass is 35.5. The van der Waals surface area contributed by atoms with E-state index in [0.717, 1.165) is 0 Å². The number of nitrogens with zero attached hydrogens (tertiary/aromatic N) is 1. The van der Waals surface area contributed by atoms with Gasteiger partial charge in [-0.05, 0) is 44.2 Å². The van der Waals surface area contributed by atoms with Gasteiger partial charge < -0.3 is 19.5 Å². The van der Waals surface area contributed by atoms with Crippen molar-refractivity contribution in [2.45, 2.75) is 19.4 Å². The number of nitrogens with one attached hydrogen (secondary N) is 1. The Morgan fingerprint density at radius 2 is 1.93 bits per heavy atom. The van der Waals surface area contributed by atoms with Crippen molar-refractivity contribution in [1.29, 1.82) is 0 Å². The first-order chi connectivity index (χ1) is 13.2. The highest BCUT2D eigenvalue weighted by molar-refractivity contribution is 6.31. The summed E-state index contributed by atoms with van der Waals surface area (Å²) in [6.45, 7) is 3.10. The van der Waals surface area contributed by atoms with Gasteiger partial charge in [0.2, 0.25) is 5.91 Å². The lowest BCUT2D eigenvalue weighted by atomic mass is 10.0. The monoisotopic (exact) mass is 404 g/mol. The van der Waals surface area contributed by atoms with E-state index in [-0.39, 0.29) is 12.5 Å². The average molecular weight is 405 g/mol. The van der Waals surface area contributed by atoms with Crippen molar-refractivity contribution in [3.63, 3.8) is 0 Å². The molecule has 0 radical (unpaired) electrons. The molecule has 0 unspecified atom stereocenters. The quantitative estimate of drug-likeness (QED) is 0.825. The molecular formula is C20H21ClN2O5. The van der Waals surface area contributed by atoms with Gasteiger partial charge in [-0.3, -0.25) is 14.5 Å². The lowest BCUT2D eigenvalue weighted by Gasteiger charge is -2.38. The van der Waals surface area contributed by atoms with E-state index >= 15 is 0 Å². The van der Waals surface area contributed by atoms with Crippen LogP contribution in [0.15, 0.2) is 36.4 Å². The predicted octanol–water partition coefficient (Wildman–Crippen LogP) is 3.50. The fraction of sp³-hybridized carbons (Fsp3) is 0.300. The first-order valence-corrected chi connectivity index (χ1v) is 8.95. The van der Waals surface area contributed by atoms with Crippen LogP contribution in [0.3, 0.4) is 0 Å². The fourth-order valence-electron chi connectivity index (χ4n) is 2.94. The summed E-state index contributed by atoms with van der Waals surface area (Å²) in [6.07, 6.45) is 0. The second kappa shape index (κ2) is 7.59. The zero-order valence-corrected chi connectivity index (χ0v) is 16.8. The highest BCUT2D eigenvalue weighted by Gasteiger charge is 2.41. The summed E-state index contributed by atoms with van der Waals surface area (Å²) in [5, 5.41) is 3.20. The van der Waals surface area contributed by atoms with Crippen LogP contribution >= 0.6 is 11.6 Å². The molecule has 2 aromatic rings. The van der Waals surface area contributed by atoms with Crippen molar-refractivity contribution in [2.24, 2.45) is 0 Å². The standard InChI is InChI=1S/C20H21ClN2O5/c1-20(2)19(25)23(15-9-12(21)5-7-17(15)28-20)11-18(24)22-14-10-13(26-3)6-8-16(14)27-4/h5-10H,11H2,1-4H3,(H,22,24). The molecule has 148 valence electrons. The van der Waals surface area contributed by atoms with Crippen LogP contribution in [0.5, 0.6) is 17.2 Å². The van der Waals surface area contributed by atoms with Crippen LogP contribution < -0.4 is 24.4 Å². The second-order valence-corrected chi connectivity index (χ2v) is 7.17. The molecule has 1 aliphatic heterocycles. The van der Waals surface area contributed by atoms with Gasteiger partial charge in [-0.1, -0.05) is 11.6 Å². The summed E-state index contributed by atoms with van der Waals surface area (Å²) in [6, 6.07) is 10.0. The second-order valence-electron chi connectivity index (χ2n) is 6.73. The van der Waals surface area contributed by atoms with Gasteiger partial charge in [0.25, 0.3) is 5.91 Å². The van der Waals surface area contributed by atoms with Gasteiger partial charge in [-0.15, -0.1) is 0 Å². The van der Waals surface area contributed by atoms with Gasteiger partial charge in [0.1, 0.15) is 23.8 Å². The third kappa shape index (κ3) is 3.84. The molecule has 1 heterocycles. The molecule has 28 heavy (non-hydrogen) atoms. The van der Waals surface area contributed by atoms with Crippen LogP contribution in [0.4, 0.5) is 11.4 Å². The van der Waals surface area contributed by atoms with Gasteiger partial charge in [0.15, 0.2) is 5.60 Å². The first kappa shape index (κ1) is 19.8. The number of rotatable bonds is 5. The smallest absolute Gasteiger partial charge is 0.271 e. The number of hydrogen-bond donors (Lipinski definition) is 1. The summed E-state index contributed by atoms with van der Waals surface area (Å²) in [5.74, 6) is 0.794. The summed E-state index contributed by atoms with van der Waals surface area (Å²) in [4.78, 5) is 27.0. The summed E-state index contributed by atoms with van der Waals surface area (Å²) in [7, 11) is 3.03. The van der Waals surface area contributed by atoms with Gasteiger partial charge >= 0.3 is 0 Å². The van der Waals surface area contributed by atoms with E-state index in [1.54, 1.807) is 50.2 Å². The molecule has 1 N–H and O–H groups in total. The van der Waals surface area contributed by atoms with E-state index in [1.807, 2.05) is 0 Å². The number of halogens is 1. The van der Waals surface area contributed by atoms with Crippen molar-refractivity contribution in [3.05, 3.63) is 41.4 Å². The molecule has 0 atom stereocenters. The molecule has 7 nitrogen and oxygen atoms in total. The van der Waals surface area contributed by atoms with Crippen molar-refractivity contribution in [2.75, 3.05) is 31.0 Å². The molecule has 0 fully saturated rings. The van der Waals surface area contributed by atoms with E-state index in [0.29, 0.717) is 33.6 Å². The Morgan fingerprint density at radius 3 is 2.61 bits per heavy atom. The maximum atomic E-state index is 12.9. The van der Waals surface area contributed by atoms with Crippen molar-refractivity contribution < 1.29 is 23.8 Å². The van der Waals surface area contributed by atoms with Gasteiger partial charge in [0, 0.05) is 11.1 Å². The minimum absolute atomic E-state index is 0.209. The Labute approximate surface area is 168 Å². The number of amides is 2. The van der Waals surface area contributed by atoms with Gasteiger partial charge in [0.05, 0.1) is 25.6 Å². The SMILES string of the molecule is COc1ccc(OC)c(NC(=O)CN2C(=O)C(C)(C)Oc3ccc(Cl)cc32)c1. The predicted molar refractivity (Wildman–Crippen MR) is 107 cm³/mol. The summed E-state index contributed by atoms with van der Waals surface area (Å²) >= 11 is 6.08. The molecule has 0 saturated carbocycles. The largest absolute Gasteiger partial charge is 0.497 e. The van der Waals surface area contributed by atoms with Crippen LogP contribution in [0.1, 0.15) is 13.8 Å². The number of methoxy groups -OCH3 is 2. The van der Waals surface area contributed by atoms with E-state index < -0.39 is 11.5 Å².